The van der Waals surface area contributed by atoms with Crippen LogP contribution in [0.5, 0.6) is 0 Å². The molecule has 1 aromatic rings. The van der Waals surface area contributed by atoms with Crippen molar-refractivity contribution in [3.8, 4) is 6.07 Å². The van der Waals surface area contributed by atoms with Gasteiger partial charge in [0.15, 0.2) is 0 Å². The highest BCUT2D eigenvalue weighted by Gasteiger charge is 2.18. The number of alkyl halides is 2. The van der Waals surface area contributed by atoms with Crippen molar-refractivity contribution in [1.82, 2.24) is 4.98 Å². The topological polar surface area (TPSA) is 62.7 Å². The maximum Gasteiger partial charge on any atom is 0.266 e. The predicted molar refractivity (Wildman–Crippen MR) is 54.1 cm³/mol. The maximum absolute atomic E-state index is 12.6. The number of nitrogens with two attached hydrogens (primary N) is 1. The fourth-order valence-electron chi connectivity index (χ4n) is 1.17. The van der Waals surface area contributed by atoms with Gasteiger partial charge in [-0.3, -0.25) is 4.98 Å². The van der Waals surface area contributed by atoms with Gasteiger partial charge >= 0.3 is 0 Å². The molecule has 0 radical (unpaired) electrons. The minimum atomic E-state index is -2.65. The van der Waals surface area contributed by atoms with Gasteiger partial charge in [0.1, 0.15) is 0 Å². The van der Waals surface area contributed by atoms with E-state index in [0.29, 0.717) is 5.69 Å². The van der Waals surface area contributed by atoms with Gasteiger partial charge in [0, 0.05) is 11.0 Å². The molecule has 3 nitrogen and oxygen atoms in total. The van der Waals surface area contributed by atoms with Gasteiger partial charge in [-0.25, -0.2) is 8.78 Å². The second kappa shape index (κ2) is 5.14. The van der Waals surface area contributed by atoms with Crippen LogP contribution in [0.4, 0.5) is 8.78 Å². The van der Waals surface area contributed by atoms with E-state index in [-0.39, 0.29) is 28.7 Å². The van der Waals surface area contributed by atoms with Gasteiger partial charge in [0.05, 0.1) is 29.4 Å². The Kier molecular flexibility index (Phi) is 4.12. The second-order valence-electron chi connectivity index (χ2n) is 2.80. The molecule has 1 aromatic heterocycles. The number of hydrogen-bond donors (Lipinski definition) is 1. The Morgan fingerprint density at radius 3 is 2.73 bits per heavy atom. The van der Waals surface area contributed by atoms with Crippen molar-refractivity contribution in [3.63, 3.8) is 0 Å². The first-order valence-electron chi connectivity index (χ1n) is 4.13. The summed E-state index contributed by atoms with van der Waals surface area (Å²) in [6.07, 6.45) is -2.80. The number of nitrogens with zero attached hydrogens (tertiary/aromatic N) is 2. The lowest BCUT2D eigenvalue weighted by Crippen LogP contribution is -2.06. The Labute approximate surface area is 94.0 Å². The van der Waals surface area contributed by atoms with Crippen molar-refractivity contribution in [2.75, 3.05) is 0 Å². The molecule has 1 heterocycles. The first-order chi connectivity index (χ1) is 7.10. The molecule has 1 rings (SSSR count). The monoisotopic (exact) mass is 275 g/mol. The highest BCUT2D eigenvalue weighted by molar-refractivity contribution is 9.10. The average Bonchev–Trinajstić information content (AvgIpc) is 2.16. The van der Waals surface area contributed by atoms with Gasteiger partial charge < -0.3 is 5.73 Å². The van der Waals surface area contributed by atoms with Crippen molar-refractivity contribution < 1.29 is 8.78 Å². The molecule has 0 unspecified atom stereocenters. The van der Waals surface area contributed by atoms with E-state index < -0.39 is 6.43 Å². The van der Waals surface area contributed by atoms with Gasteiger partial charge in [-0.1, -0.05) is 15.9 Å². The third-order valence-electron chi connectivity index (χ3n) is 1.81. The van der Waals surface area contributed by atoms with Crippen molar-refractivity contribution in [3.05, 3.63) is 27.5 Å². The minimum Gasteiger partial charge on any atom is -0.325 e. The van der Waals surface area contributed by atoms with Crippen molar-refractivity contribution in [1.29, 1.82) is 5.26 Å². The number of halogens is 3. The molecule has 0 amide bonds. The molecule has 0 saturated heterocycles. The van der Waals surface area contributed by atoms with E-state index in [1.807, 2.05) is 0 Å². The predicted octanol–water partition coefficient (Wildman–Crippen LogP) is 2.31. The van der Waals surface area contributed by atoms with Crippen molar-refractivity contribution in [2.24, 2.45) is 5.73 Å². The molecule has 0 bridgehead atoms. The standard InChI is InChI=1S/C9H8BrF2N3/c10-6-3-5(4-14)15-7(1-2-13)8(6)9(11)12/h3,9H,1,4,14H2. The van der Waals surface area contributed by atoms with Crippen LogP contribution in [0.2, 0.25) is 0 Å². The summed E-state index contributed by atoms with van der Waals surface area (Å²) >= 11 is 3.02. The Morgan fingerprint density at radius 1 is 1.60 bits per heavy atom. The van der Waals surface area contributed by atoms with E-state index in [9.17, 15) is 8.78 Å². The quantitative estimate of drug-likeness (QED) is 0.921. The summed E-state index contributed by atoms with van der Waals surface area (Å²) in [5.41, 5.74) is 5.70. The highest BCUT2D eigenvalue weighted by Crippen LogP contribution is 2.30. The summed E-state index contributed by atoms with van der Waals surface area (Å²) in [5.74, 6) is 0. The Morgan fingerprint density at radius 2 is 2.27 bits per heavy atom. The number of aromatic nitrogens is 1. The van der Waals surface area contributed by atoms with E-state index in [0.717, 1.165) is 0 Å². The Balaban J connectivity index is 3.30. The van der Waals surface area contributed by atoms with Gasteiger partial charge in [-0.2, -0.15) is 5.26 Å². The highest BCUT2D eigenvalue weighted by atomic mass is 79.9. The molecule has 0 aromatic carbocycles. The lowest BCUT2D eigenvalue weighted by molar-refractivity contribution is 0.149. The third kappa shape index (κ3) is 2.70. The normalized spacial score (nSPS) is 10.4. The smallest absolute Gasteiger partial charge is 0.266 e. The first-order valence-corrected chi connectivity index (χ1v) is 4.92. The summed E-state index contributed by atoms with van der Waals surface area (Å²) in [6.45, 7) is 0.153. The number of hydrogen-bond acceptors (Lipinski definition) is 3. The van der Waals surface area contributed by atoms with Gasteiger partial charge in [-0.15, -0.1) is 0 Å². The SMILES string of the molecule is N#CCc1nc(CN)cc(Br)c1C(F)F. The van der Waals surface area contributed by atoms with E-state index in [4.69, 9.17) is 11.0 Å². The second-order valence-corrected chi connectivity index (χ2v) is 3.65. The molecule has 0 aliphatic carbocycles. The lowest BCUT2D eigenvalue weighted by atomic mass is 10.1. The van der Waals surface area contributed by atoms with Crippen molar-refractivity contribution in [2.45, 2.75) is 19.4 Å². The summed E-state index contributed by atoms with van der Waals surface area (Å²) < 4.78 is 25.5. The molecule has 15 heavy (non-hydrogen) atoms. The van der Waals surface area contributed by atoms with Crippen LogP contribution in [-0.2, 0) is 13.0 Å². The van der Waals surface area contributed by atoms with Gasteiger partial charge in [-0.05, 0) is 6.07 Å². The zero-order chi connectivity index (χ0) is 11.4. The fraction of sp³-hybridized carbons (Fsp3) is 0.333. The van der Waals surface area contributed by atoms with Gasteiger partial charge in [0.25, 0.3) is 6.43 Å². The zero-order valence-electron chi connectivity index (χ0n) is 7.67. The molecular formula is C9H8BrF2N3. The van der Waals surface area contributed by atoms with Gasteiger partial charge in [0.2, 0.25) is 0 Å². The molecule has 6 heteroatoms. The molecule has 0 atom stereocenters. The summed E-state index contributed by atoms with van der Waals surface area (Å²) in [7, 11) is 0. The maximum atomic E-state index is 12.6. The van der Waals surface area contributed by atoms with Crippen molar-refractivity contribution >= 4 is 15.9 Å². The van der Waals surface area contributed by atoms with Crippen LogP contribution in [-0.4, -0.2) is 4.98 Å². The van der Waals surface area contributed by atoms with E-state index >= 15 is 0 Å². The average molecular weight is 276 g/mol. The largest absolute Gasteiger partial charge is 0.325 e. The van der Waals surface area contributed by atoms with E-state index in [1.54, 1.807) is 6.07 Å². The molecule has 0 spiro atoms. The molecule has 0 aliphatic heterocycles. The molecule has 80 valence electrons. The molecule has 2 N–H and O–H groups in total. The van der Waals surface area contributed by atoms with Crippen LogP contribution >= 0.6 is 15.9 Å². The van der Waals surface area contributed by atoms with Crippen LogP contribution in [0, 0.1) is 11.3 Å². The minimum absolute atomic E-state index is 0.0855. The number of pyridine rings is 1. The molecular weight excluding hydrogens is 268 g/mol. The Hall–Kier alpha value is -1.06. The molecule has 0 aliphatic rings. The Bertz CT molecular complexity index is 401. The van der Waals surface area contributed by atoms with E-state index in [1.165, 1.54) is 6.07 Å². The van der Waals surface area contributed by atoms with Crippen LogP contribution in [0.15, 0.2) is 10.5 Å². The van der Waals surface area contributed by atoms with Crippen LogP contribution in [0.1, 0.15) is 23.4 Å². The summed E-state index contributed by atoms with van der Waals surface area (Å²) in [6, 6.07) is 3.25. The molecule has 0 saturated carbocycles. The summed E-state index contributed by atoms with van der Waals surface area (Å²) in [4.78, 5) is 3.91. The summed E-state index contributed by atoms with van der Waals surface area (Å²) in [5, 5.41) is 8.50. The number of nitriles is 1. The van der Waals surface area contributed by atoms with Crippen LogP contribution in [0.3, 0.4) is 0 Å². The van der Waals surface area contributed by atoms with Crippen LogP contribution < -0.4 is 5.73 Å². The zero-order valence-corrected chi connectivity index (χ0v) is 9.26. The lowest BCUT2D eigenvalue weighted by Gasteiger charge is -2.09. The molecule has 0 fully saturated rings. The first kappa shape index (κ1) is 12.0. The van der Waals surface area contributed by atoms with E-state index in [2.05, 4.69) is 20.9 Å². The van der Waals surface area contributed by atoms with Crippen LogP contribution in [0.25, 0.3) is 0 Å². The number of rotatable bonds is 3. The fourth-order valence-corrected chi connectivity index (χ4v) is 1.84. The third-order valence-corrected chi connectivity index (χ3v) is 2.47.